The van der Waals surface area contributed by atoms with Crippen molar-refractivity contribution in [1.82, 2.24) is 0 Å². The highest BCUT2D eigenvalue weighted by atomic mass is 31.2. The largest absolute Gasteiger partial charge is 0.756 e. The molecule has 1 fully saturated rings. The maximum atomic E-state index is 10.3. The lowest BCUT2D eigenvalue weighted by molar-refractivity contribution is -0.224. The van der Waals surface area contributed by atoms with Gasteiger partial charge in [-0.2, -0.15) is 0 Å². The van der Waals surface area contributed by atoms with Crippen LogP contribution < -0.4 is 4.89 Å². The molecule has 0 spiro atoms. The first-order valence-corrected chi connectivity index (χ1v) is 5.46. The summed E-state index contributed by atoms with van der Waals surface area (Å²) in [5.74, 6) is 0. The van der Waals surface area contributed by atoms with E-state index in [1.54, 1.807) is 0 Å². The third-order valence-corrected chi connectivity index (χ3v) is 2.36. The second kappa shape index (κ2) is 4.67. The number of rotatable bonds is 4. The molecule has 7 nitrogen and oxygen atoms in total. The summed E-state index contributed by atoms with van der Waals surface area (Å²) < 4.78 is 24.2. The number of phosphoric acid groups is 1. The zero-order chi connectivity index (χ0) is 10.8. The van der Waals surface area contributed by atoms with Gasteiger partial charge in [-0.05, 0) is 0 Å². The lowest BCUT2D eigenvalue weighted by Gasteiger charge is -2.21. The van der Waals surface area contributed by atoms with Gasteiger partial charge in [0.15, 0.2) is 6.29 Å². The minimum atomic E-state index is -4.74. The fourth-order valence-electron chi connectivity index (χ4n) is 1.26. The number of ether oxygens (including phenoxy) is 2. The molecule has 0 aromatic heterocycles. The van der Waals surface area contributed by atoms with Crippen molar-refractivity contribution >= 4 is 7.82 Å². The van der Waals surface area contributed by atoms with Crippen molar-refractivity contribution in [3.05, 3.63) is 0 Å². The number of phosphoric ester groups is 1. The van der Waals surface area contributed by atoms with Gasteiger partial charge in [-0.3, -0.25) is 4.57 Å². The predicted molar refractivity (Wildman–Crippen MR) is 42.1 cm³/mol. The van der Waals surface area contributed by atoms with Gasteiger partial charge >= 0.3 is 0 Å². The fraction of sp³-hybridized carbons (Fsp3) is 1.00. The summed E-state index contributed by atoms with van der Waals surface area (Å²) in [5, 5.41) is 9.06. The first-order chi connectivity index (χ1) is 6.42. The fourth-order valence-corrected chi connectivity index (χ4v) is 1.59. The Morgan fingerprint density at radius 2 is 2.36 bits per heavy atom. The van der Waals surface area contributed by atoms with Crippen molar-refractivity contribution in [2.45, 2.75) is 24.9 Å². The Morgan fingerprint density at radius 1 is 1.71 bits per heavy atom. The molecular formula is C6H12O7P-. The van der Waals surface area contributed by atoms with E-state index >= 15 is 0 Å². The van der Waals surface area contributed by atoms with Crippen molar-refractivity contribution in [2.24, 2.45) is 0 Å². The molecule has 8 heteroatoms. The number of methoxy groups -OCH3 is 1. The van der Waals surface area contributed by atoms with E-state index in [-0.39, 0.29) is 13.0 Å². The van der Waals surface area contributed by atoms with Crippen LogP contribution in [0.25, 0.3) is 0 Å². The second-order valence-corrected chi connectivity index (χ2v) is 4.10. The van der Waals surface area contributed by atoms with Crippen LogP contribution in [0, 0.1) is 0 Å². The van der Waals surface area contributed by atoms with Gasteiger partial charge in [0, 0.05) is 13.5 Å². The smallest absolute Gasteiger partial charge is 0.265 e. The van der Waals surface area contributed by atoms with E-state index in [2.05, 4.69) is 4.52 Å². The second-order valence-electron chi connectivity index (χ2n) is 2.90. The van der Waals surface area contributed by atoms with E-state index < -0.39 is 26.3 Å². The molecule has 0 amide bonds. The van der Waals surface area contributed by atoms with Gasteiger partial charge in [-0.15, -0.1) is 0 Å². The maximum absolute atomic E-state index is 10.3. The molecule has 2 N–H and O–H groups in total. The van der Waals surface area contributed by atoms with Crippen LogP contribution in [0.4, 0.5) is 0 Å². The van der Waals surface area contributed by atoms with Crippen LogP contribution in [0.5, 0.6) is 0 Å². The van der Waals surface area contributed by atoms with Crippen molar-refractivity contribution in [3.63, 3.8) is 0 Å². The summed E-state index contributed by atoms with van der Waals surface area (Å²) in [7, 11) is -3.33. The van der Waals surface area contributed by atoms with Crippen LogP contribution in [-0.2, 0) is 18.6 Å². The molecule has 1 heterocycles. The molecular weight excluding hydrogens is 215 g/mol. The Balaban J connectivity index is 2.40. The summed E-state index contributed by atoms with van der Waals surface area (Å²) in [6.07, 6.45) is -1.86. The summed E-state index contributed by atoms with van der Waals surface area (Å²) in [6, 6.07) is 0. The lowest BCUT2D eigenvalue weighted by Crippen LogP contribution is -2.28. The molecule has 1 saturated heterocycles. The molecule has 1 rings (SSSR count). The highest BCUT2D eigenvalue weighted by Gasteiger charge is 2.34. The van der Waals surface area contributed by atoms with Gasteiger partial charge in [0.2, 0.25) is 0 Å². The molecule has 0 aromatic rings. The van der Waals surface area contributed by atoms with E-state index in [1.165, 1.54) is 7.11 Å². The highest BCUT2D eigenvalue weighted by molar-refractivity contribution is 7.44. The van der Waals surface area contributed by atoms with Crippen LogP contribution in [-0.4, -0.2) is 42.2 Å². The van der Waals surface area contributed by atoms with E-state index in [9.17, 15) is 9.46 Å². The van der Waals surface area contributed by atoms with Crippen LogP contribution in [0.3, 0.4) is 0 Å². The molecule has 1 unspecified atom stereocenters. The van der Waals surface area contributed by atoms with Gasteiger partial charge in [-0.25, -0.2) is 0 Å². The average molecular weight is 227 g/mol. The Kier molecular flexibility index (Phi) is 4.03. The minimum Gasteiger partial charge on any atom is -0.756 e. The minimum absolute atomic E-state index is 0.249. The zero-order valence-corrected chi connectivity index (χ0v) is 8.42. The Labute approximate surface area is 80.8 Å². The third kappa shape index (κ3) is 3.62. The Morgan fingerprint density at radius 3 is 2.86 bits per heavy atom. The summed E-state index contributed by atoms with van der Waals surface area (Å²) in [6.45, 7) is -0.368. The molecule has 0 bridgehead atoms. The standard InChI is InChI=1S/C6H13O7P/c1-11-4-2-6(7)13-5(4)3-12-14(8,9)10/h4-7H,2-3H2,1H3,(H2,8,9,10)/p-1/t4-,5-,6-/m1/s1. The predicted octanol–water partition coefficient (Wildman–Crippen LogP) is -1.41. The van der Waals surface area contributed by atoms with Crippen LogP contribution in [0.15, 0.2) is 0 Å². The van der Waals surface area contributed by atoms with E-state index in [1.807, 2.05) is 0 Å². The lowest BCUT2D eigenvalue weighted by atomic mass is 10.2. The van der Waals surface area contributed by atoms with Crippen molar-refractivity contribution in [3.8, 4) is 0 Å². The van der Waals surface area contributed by atoms with E-state index in [0.717, 1.165) is 0 Å². The van der Waals surface area contributed by atoms with E-state index in [0.29, 0.717) is 0 Å². The molecule has 84 valence electrons. The highest BCUT2D eigenvalue weighted by Crippen LogP contribution is 2.32. The average Bonchev–Trinajstić information content (AvgIpc) is 2.41. The molecule has 4 atom stereocenters. The van der Waals surface area contributed by atoms with Gasteiger partial charge in [0.25, 0.3) is 7.82 Å². The molecule has 0 saturated carbocycles. The topological polar surface area (TPSA) is 108 Å². The van der Waals surface area contributed by atoms with Gasteiger partial charge in [0.05, 0.1) is 12.7 Å². The summed E-state index contributed by atoms with van der Waals surface area (Å²) in [5.41, 5.74) is 0. The van der Waals surface area contributed by atoms with Gasteiger partial charge < -0.3 is 28.9 Å². The number of hydrogen-bond acceptors (Lipinski definition) is 6. The van der Waals surface area contributed by atoms with Crippen LogP contribution >= 0.6 is 7.82 Å². The van der Waals surface area contributed by atoms with E-state index in [4.69, 9.17) is 19.5 Å². The SMILES string of the molecule is CO[C@@H]1C[C@H](O)O[C@@H]1COP(=O)([O-])O. The number of aliphatic hydroxyl groups is 1. The van der Waals surface area contributed by atoms with Crippen molar-refractivity contribution in [2.75, 3.05) is 13.7 Å². The summed E-state index contributed by atoms with van der Waals surface area (Å²) >= 11 is 0. The van der Waals surface area contributed by atoms with Gasteiger partial charge in [-0.1, -0.05) is 0 Å². The molecule has 0 radical (unpaired) electrons. The monoisotopic (exact) mass is 227 g/mol. The molecule has 14 heavy (non-hydrogen) atoms. The van der Waals surface area contributed by atoms with Crippen molar-refractivity contribution in [1.29, 1.82) is 0 Å². The third-order valence-electron chi connectivity index (χ3n) is 1.89. The Bertz CT molecular complexity index is 226. The Hall–Kier alpha value is -0.0100. The number of hydrogen-bond donors (Lipinski definition) is 2. The first-order valence-electron chi connectivity index (χ1n) is 3.97. The van der Waals surface area contributed by atoms with Crippen molar-refractivity contribution < 1.29 is 33.5 Å². The quantitative estimate of drug-likeness (QED) is 0.567. The molecule has 0 aliphatic carbocycles. The molecule has 1 aliphatic heterocycles. The summed E-state index contributed by atoms with van der Waals surface area (Å²) in [4.78, 5) is 18.6. The molecule has 1 aliphatic rings. The first kappa shape index (κ1) is 12.1. The van der Waals surface area contributed by atoms with Crippen LogP contribution in [0.2, 0.25) is 0 Å². The maximum Gasteiger partial charge on any atom is 0.265 e. The van der Waals surface area contributed by atoms with Gasteiger partial charge in [0.1, 0.15) is 6.10 Å². The zero-order valence-electron chi connectivity index (χ0n) is 7.53. The normalized spacial score (nSPS) is 37.0. The van der Waals surface area contributed by atoms with Crippen LogP contribution in [0.1, 0.15) is 6.42 Å². The molecule has 0 aromatic carbocycles. The number of aliphatic hydroxyl groups excluding tert-OH is 1.